The molecule has 0 aliphatic heterocycles. The third-order valence-electron chi connectivity index (χ3n) is 3.44. The molecule has 0 heterocycles. The summed E-state index contributed by atoms with van der Waals surface area (Å²) in [5, 5.41) is 2.71. The third kappa shape index (κ3) is 5.22. The van der Waals surface area contributed by atoms with E-state index >= 15 is 0 Å². The van der Waals surface area contributed by atoms with Crippen LogP contribution in [0.1, 0.15) is 41.8 Å². The van der Waals surface area contributed by atoms with Crippen LogP contribution in [0.25, 0.3) is 6.08 Å². The molecule has 2 aromatic carbocycles. The van der Waals surface area contributed by atoms with E-state index in [0.29, 0.717) is 5.56 Å². The number of carbonyl (C=O) groups is 2. The van der Waals surface area contributed by atoms with Crippen LogP contribution in [-0.4, -0.2) is 11.7 Å². The molecular formula is C20H21NO2. The Hall–Kier alpha value is -2.68. The number of rotatable bonds is 6. The van der Waals surface area contributed by atoms with Gasteiger partial charge in [0, 0.05) is 18.2 Å². The van der Waals surface area contributed by atoms with Crippen LogP contribution < -0.4 is 5.32 Å². The first-order valence-corrected chi connectivity index (χ1v) is 7.77. The van der Waals surface area contributed by atoms with Gasteiger partial charge in [-0.05, 0) is 35.8 Å². The van der Waals surface area contributed by atoms with Crippen molar-refractivity contribution >= 4 is 23.5 Å². The van der Waals surface area contributed by atoms with Crippen molar-refractivity contribution < 1.29 is 9.59 Å². The summed E-state index contributed by atoms with van der Waals surface area (Å²) in [5.74, 6) is -0.117. The van der Waals surface area contributed by atoms with Gasteiger partial charge in [-0.3, -0.25) is 9.59 Å². The highest BCUT2D eigenvalue weighted by Crippen LogP contribution is 2.12. The first kappa shape index (κ1) is 16.7. The van der Waals surface area contributed by atoms with Crippen molar-refractivity contribution in [3.8, 4) is 0 Å². The zero-order valence-electron chi connectivity index (χ0n) is 13.5. The van der Waals surface area contributed by atoms with Crippen LogP contribution in [0.15, 0.2) is 54.6 Å². The predicted molar refractivity (Wildman–Crippen MR) is 94.5 cm³/mol. The first-order valence-electron chi connectivity index (χ1n) is 7.77. The van der Waals surface area contributed by atoms with Gasteiger partial charge < -0.3 is 5.32 Å². The number of anilines is 1. The van der Waals surface area contributed by atoms with E-state index in [0.717, 1.165) is 24.1 Å². The Kier molecular flexibility index (Phi) is 5.87. The Bertz CT molecular complexity index is 697. The van der Waals surface area contributed by atoms with Crippen LogP contribution in [0.2, 0.25) is 0 Å². The lowest BCUT2D eigenvalue weighted by Crippen LogP contribution is -2.05. The lowest BCUT2D eigenvalue weighted by Gasteiger charge is -2.02. The number of carbonyl (C=O) groups excluding carboxylic acids is 2. The van der Waals surface area contributed by atoms with E-state index in [1.54, 1.807) is 12.2 Å². The molecular weight excluding hydrogens is 286 g/mol. The minimum Gasteiger partial charge on any atom is -0.326 e. The second-order valence-electron chi connectivity index (χ2n) is 5.45. The molecule has 1 amide bonds. The third-order valence-corrected chi connectivity index (χ3v) is 3.44. The smallest absolute Gasteiger partial charge is 0.221 e. The molecule has 0 aromatic heterocycles. The van der Waals surface area contributed by atoms with Gasteiger partial charge in [0.25, 0.3) is 0 Å². The molecule has 0 atom stereocenters. The molecule has 0 spiro atoms. The van der Waals surface area contributed by atoms with Gasteiger partial charge in [0.05, 0.1) is 0 Å². The molecule has 0 bridgehead atoms. The Labute approximate surface area is 137 Å². The zero-order chi connectivity index (χ0) is 16.7. The standard InChI is InChI=1S/C20H21NO2/c1-3-4-16-5-10-18(11-6-16)20(23)14-9-17-7-12-19(13-8-17)21-15(2)22/h5-14H,3-4H2,1-2H3,(H,21,22)/b14-9+. The number of benzene rings is 2. The summed E-state index contributed by atoms with van der Waals surface area (Å²) in [7, 11) is 0. The maximum Gasteiger partial charge on any atom is 0.221 e. The number of hydrogen-bond acceptors (Lipinski definition) is 2. The molecule has 1 N–H and O–H groups in total. The van der Waals surface area contributed by atoms with E-state index in [4.69, 9.17) is 0 Å². The lowest BCUT2D eigenvalue weighted by molar-refractivity contribution is -0.114. The second-order valence-corrected chi connectivity index (χ2v) is 5.45. The molecule has 0 aliphatic carbocycles. The first-order chi connectivity index (χ1) is 11.1. The molecule has 0 fully saturated rings. The molecule has 23 heavy (non-hydrogen) atoms. The summed E-state index contributed by atoms with van der Waals surface area (Å²) >= 11 is 0. The molecule has 3 heteroatoms. The second kappa shape index (κ2) is 8.08. The molecule has 0 radical (unpaired) electrons. The van der Waals surface area contributed by atoms with Crippen molar-refractivity contribution in [2.45, 2.75) is 26.7 Å². The van der Waals surface area contributed by atoms with Crippen molar-refractivity contribution in [1.29, 1.82) is 0 Å². The fourth-order valence-corrected chi connectivity index (χ4v) is 2.27. The van der Waals surface area contributed by atoms with Crippen LogP contribution >= 0.6 is 0 Å². The molecule has 2 rings (SSSR count). The Morgan fingerprint density at radius 1 is 1.00 bits per heavy atom. The minimum atomic E-state index is -0.102. The van der Waals surface area contributed by atoms with Crippen LogP contribution in [0.4, 0.5) is 5.69 Å². The maximum atomic E-state index is 12.2. The van der Waals surface area contributed by atoms with Crippen LogP contribution in [0.5, 0.6) is 0 Å². The molecule has 0 aliphatic rings. The largest absolute Gasteiger partial charge is 0.326 e. The molecule has 3 nitrogen and oxygen atoms in total. The maximum absolute atomic E-state index is 12.2. The van der Waals surface area contributed by atoms with Gasteiger partial charge in [0.1, 0.15) is 0 Å². The quantitative estimate of drug-likeness (QED) is 0.631. The topological polar surface area (TPSA) is 46.2 Å². The number of hydrogen-bond donors (Lipinski definition) is 1. The van der Waals surface area contributed by atoms with Gasteiger partial charge in [-0.1, -0.05) is 55.8 Å². The fraction of sp³-hybridized carbons (Fsp3) is 0.200. The summed E-state index contributed by atoms with van der Waals surface area (Å²) in [5.41, 5.74) is 3.60. The number of ketones is 1. The predicted octanol–water partition coefficient (Wildman–Crippen LogP) is 4.49. The van der Waals surface area contributed by atoms with Crippen LogP contribution in [-0.2, 0) is 11.2 Å². The van der Waals surface area contributed by atoms with E-state index in [-0.39, 0.29) is 11.7 Å². The van der Waals surface area contributed by atoms with Gasteiger partial charge in [0.2, 0.25) is 5.91 Å². The summed E-state index contributed by atoms with van der Waals surface area (Å²) in [6.07, 6.45) is 5.48. The SMILES string of the molecule is CCCc1ccc(C(=O)/C=C/c2ccc(NC(C)=O)cc2)cc1. The Morgan fingerprint density at radius 2 is 1.65 bits per heavy atom. The average molecular weight is 307 g/mol. The van der Waals surface area contributed by atoms with Crippen molar-refractivity contribution in [3.63, 3.8) is 0 Å². The highest BCUT2D eigenvalue weighted by molar-refractivity contribution is 6.06. The van der Waals surface area contributed by atoms with Gasteiger partial charge in [-0.25, -0.2) is 0 Å². The molecule has 0 unspecified atom stereocenters. The summed E-state index contributed by atoms with van der Waals surface area (Å²) in [6.45, 7) is 3.61. The van der Waals surface area contributed by atoms with Crippen molar-refractivity contribution in [2.75, 3.05) is 5.32 Å². The van der Waals surface area contributed by atoms with E-state index in [2.05, 4.69) is 12.2 Å². The zero-order valence-corrected chi connectivity index (χ0v) is 13.5. The Balaban J connectivity index is 2.01. The van der Waals surface area contributed by atoms with Crippen LogP contribution in [0.3, 0.4) is 0 Å². The van der Waals surface area contributed by atoms with E-state index in [9.17, 15) is 9.59 Å². The summed E-state index contributed by atoms with van der Waals surface area (Å²) < 4.78 is 0. The fourth-order valence-electron chi connectivity index (χ4n) is 2.27. The van der Waals surface area contributed by atoms with Crippen molar-refractivity contribution in [3.05, 3.63) is 71.3 Å². The highest BCUT2D eigenvalue weighted by Gasteiger charge is 2.02. The molecule has 0 saturated heterocycles. The monoisotopic (exact) mass is 307 g/mol. The number of aryl methyl sites for hydroxylation is 1. The van der Waals surface area contributed by atoms with E-state index in [1.165, 1.54) is 12.5 Å². The number of amides is 1. The Morgan fingerprint density at radius 3 is 2.22 bits per heavy atom. The highest BCUT2D eigenvalue weighted by atomic mass is 16.1. The van der Waals surface area contributed by atoms with Gasteiger partial charge >= 0.3 is 0 Å². The minimum absolute atomic E-state index is 0.0148. The average Bonchev–Trinajstić information content (AvgIpc) is 2.54. The number of allylic oxidation sites excluding steroid dienone is 1. The molecule has 2 aromatic rings. The van der Waals surface area contributed by atoms with Gasteiger partial charge in [0.15, 0.2) is 5.78 Å². The van der Waals surface area contributed by atoms with Crippen molar-refractivity contribution in [2.24, 2.45) is 0 Å². The normalized spacial score (nSPS) is 10.7. The van der Waals surface area contributed by atoms with Gasteiger partial charge in [-0.2, -0.15) is 0 Å². The van der Waals surface area contributed by atoms with Crippen LogP contribution in [0, 0.1) is 0 Å². The molecule has 0 saturated carbocycles. The molecule has 118 valence electrons. The number of nitrogens with one attached hydrogen (secondary N) is 1. The van der Waals surface area contributed by atoms with Crippen molar-refractivity contribution in [1.82, 2.24) is 0 Å². The van der Waals surface area contributed by atoms with E-state index in [1.807, 2.05) is 48.5 Å². The van der Waals surface area contributed by atoms with E-state index < -0.39 is 0 Å². The summed E-state index contributed by atoms with van der Waals surface area (Å²) in [6, 6.07) is 15.1. The lowest BCUT2D eigenvalue weighted by atomic mass is 10.0. The van der Waals surface area contributed by atoms with Gasteiger partial charge in [-0.15, -0.1) is 0 Å². The summed E-state index contributed by atoms with van der Waals surface area (Å²) in [4.78, 5) is 23.1.